The average molecular weight is 461 g/mol. The van der Waals surface area contributed by atoms with Gasteiger partial charge in [-0.05, 0) is 50.1 Å². The standard InChI is InChI=1S/C27H28N2O5/c1-4-16(2)25(31)34-26(3)10-5-6-20(17-9-11-29-23(28)13-17)27(26)15-19-12-18-7-8-24(30)32-21(18)14-22(19)33-27/h4-9,12-14,20,29H,10-11,15,28H2,1-3H3/b16-4+/t20-,26+,27+/m0/s1. The highest BCUT2D eigenvalue weighted by atomic mass is 16.6. The molecular weight excluding hydrogens is 432 g/mol. The summed E-state index contributed by atoms with van der Waals surface area (Å²) in [6.07, 6.45) is 10.9. The Kier molecular flexibility index (Phi) is 5.15. The molecule has 34 heavy (non-hydrogen) atoms. The predicted molar refractivity (Wildman–Crippen MR) is 129 cm³/mol. The van der Waals surface area contributed by atoms with Crippen LogP contribution in [-0.4, -0.2) is 23.7 Å². The average Bonchev–Trinajstić information content (AvgIpc) is 3.18. The molecule has 3 heterocycles. The van der Waals surface area contributed by atoms with Gasteiger partial charge in [0.2, 0.25) is 0 Å². The monoisotopic (exact) mass is 460 g/mol. The zero-order valence-electron chi connectivity index (χ0n) is 19.5. The second kappa shape index (κ2) is 7.94. The predicted octanol–water partition coefficient (Wildman–Crippen LogP) is 3.64. The zero-order valence-corrected chi connectivity index (χ0v) is 19.5. The van der Waals surface area contributed by atoms with Crippen LogP contribution < -0.4 is 21.4 Å². The molecule has 7 heteroatoms. The summed E-state index contributed by atoms with van der Waals surface area (Å²) < 4.78 is 18.4. The molecule has 1 aromatic carbocycles. The van der Waals surface area contributed by atoms with E-state index in [1.165, 1.54) is 6.07 Å². The summed E-state index contributed by atoms with van der Waals surface area (Å²) in [4.78, 5) is 24.7. The van der Waals surface area contributed by atoms with Crippen LogP contribution in [0.1, 0.15) is 32.8 Å². The number of rotatable bonds is 3. The Morgan fingerprint density at radius 3 is 2.91 bits per heavy atom. The molecular formula is C27H28N2O5. The van der Waals surface area contributed by atoms with Gasteiger partial charge >= 0.3 is 11.6 Å². The molecule has 0 unspecified atom stereocenters. The number of hydrogen-bond donors (Lipinski definition) is 2. The van der Waals surface area contributed by atoms with Crippen molar-refractivity contribution >= 4 is 16.9 Å². The number of ether oxygens (including phenoxy) is 2. The van der Waals surface area contributed by atoms with Gasteiger partial charge in [-0.1, -0.05) is 24.3 Å². The number of allylic oxidation sites excluding steroid dienone is 2. The Balaban J connectivity index is 1.65. The molecule has 0 amide bonds. The van der Waals surface area contributed by atoms with Crippen LogP contribution in [0.2, 0.25) is 0 Å². The third-order valence-corrected chi connectivity index (χ3v) is 7.18. The van der Waals surface area contributed by atoms with Crippen molar-refractivity contribution in [2.24, 2.45) is 11.7 Å². The first-order chi connectivity index (χ1) is 16.2. The zero-order chi connectivity index (χ0) is 24.1. The quantitative estimate of drug-likeness (QED) is 0.312. The lowest BCUT2D eigenvalue weighted by Gasteiger charge is -2.50. The molecule has 0 bridgehead atoms. The van der Waals surface area contributed by atoms with Crippen molar-refractivity contribution in [2.75, 3.05) is 6.54 Å². The summed E-state index contributed by atoms with van der Waals surface area (Å²) in [5.74, 6) is 0.619. The van der Waals surface area contributed by atoms with Crippen LogP contribution in [0, 0.1) is 5.92 Å². The van der Waals surface area contributed by atoms with Crippen LogP contribution in [0.5, 0.6) is 5.75 Å². The Morgan fingerprint density at radius 1 is 1.32 bits per heavy atom. The van der Waals surface area contributed by atoms with Crippen LogP contribution >= 0.6 is 0 Å². The van der Waals surface area contributed by atoms with E-state index in [2.05, 4.69) is 17.5 Å². The number of carbonyl (C=O) groups excluding carboxylic acids is 1. The lowest BCUT2D eigenvalue weighted by molar-refractivity contribution is -0.185. The van der Waals surface area contributed by atoms with E-state index >= 15 is 0 Å². The second-order valence-corrected chi connectivity index (χ2v) is 9.31. The molecule has 1 aromatic heterocycles. The van der Waals surface area contributed by atoms with Crippen LogP contribution in [0.15, 0.2) is 80.8 Å². The fraction of sp³-hybridized carbons (Fsp3) is 0.333. The molecule has 2 aliphatic heterocycles. The van der Waals surface area contributed by atoms with Gasteiger partial charge in [0, 0.05) is 48.4 Å². The van der Waals surface area contributed by atoms with Gasteiger partial charge in [0.05, 0.1) is 5.82 Å². The lowest BCUT2D eigenvalue weighted by atomic mass is 9.64. The largest absolute Gasteiger partial charge is 0.481 e. The molecule has 3 aliphatic rings. The van der Waals surface area contributed by atoms with Gasteiger partial charge in [0.15, 0.2) is 11.2 Å². The molecule has 5 rings (SSSR count). The second-order valence-electron chi connectivity index (χ2n) is 9.31. The van der Waals surface area contributed by atoms with Crippen molar-refractivity contribution in [2.45, 2.75) is 44.8 Å². The number of dihydropyridines is 1. The molecule has 0 radical (unpaired) electrons. The minimum atomic E-state index is -0.964. The van der Waals surface area contributed by atoms with E-state index in [1.807, 2.05) is 32.1 Å². The van der Waals surface area contributed by atoms with Crippen molar-refractivity contribution in [3.05, 3.63) is 87.6 Å². The van der Waals surface area contributed by atoms with E-state index in [9.17, 15) is 9.59 Å². The highest BCUT2D eigenvalue weighted by Crippen LogP contribution is 2.53. The molecule has 0 saturated heterocycles. The number of benzene rings is 1. The van der Waals surface area contributed by atoms with Gasteiger partial charge < -0.3 is 24.9 Å². The minimum absolute atomic E-state index is 0.215. The number of hydrogen-bond acceptors (Lipinski definition) is 7. The summed E-state index contributed by atoms with van der Waals surface area (Å²) in [5.41, 5.74) is 6.78. The van der Waals surface area contributed by atoms with Crippen molar-refractivity contribution in [1.82, 2.24) is 5.32 Å². The van der Waals surface area contributed by atoms with Gasteiger partial charge in [0.25, 0.3) is 0 Å². The molecule has 3 N–H and O–H groups in total. The Bertz CT molecular complexity index is 1360. The van der Waals surface area contributed by atoms with E-state index in [0.29, 0.717) is 42.1 Å². The molecule has 176 valence electrons. The van der Waals surface area contributed by atoms with E-state index in [0.717, 1.165) is 16.5 Å². The highest BCUT2D eigenvalue weighted by molar-refractivity contribution is 5.88. The first-order valence-electron chi connectivity index (χ1n) is 11.4. The highest BCUT2D eigenvalue weighted by Gasteiger charge is 2.62. The fourth-order valence-electron chi connectivity index (χ4n) is 5.15. The number of nitrogens with one attached hydrogen (secondary N) is 1. The maximum absolute atomic E-state index is 12.9. The van der Waals surface area contributed by atoms with E-state index in [4.69, 9.17) is 19.6 Å². The third kappa shape index (κ3) is 3.43. The van der Waals surface area contributed by atoms with Crippen LogP contribution in [0.4, 0.5) is 0 Å². The van der Waals surface area contributed by atoms with Crippen molar-refractivity contribution < 1.29 is 18.7 Å². The van der Waals surface area contributed by atoms with E-state index < -0.39 is 16.8 Å². The number of fused-ring (bicyclic) bond motifs is 2. The van der Waals surface area contributed by atoms with E-state index in [1.54, 1.807) is 25.1 Å². The van der Waals surface area contributed by atoms with Gasteiger partial charge in [0.1, 0.15) is 11.3 Å². The number of esters is 1. The third-order valence-electron chi connectivity index (χ3n) is 7.18. The van der Waals surface area contributed by atoms with Crippen molar-refractivity contribution in [3.63, 3.8) is 0 Å². The van der Waals surface area contributed by atoms with Gasteiger partial charge in [-0.25, -0.2) is 9.59 Å². The van der Waals surface area contributed by atoms with Gasteiger partial charge in [-0.15, -0.1) is 0 Å². The van der Waals surface area contributed by atoms with Gasteiger partial charge in [-0.3, -0.25) is 0 Å². The Hall–Kier alpha value is -3.74. The maximum Gasteiger partial charge on any atom is 0.336 e. The van der Waals surface area contributed by atoms with Crippen LogP contribution in [-0.2, 0) is 16.0 Å². The maximum atomic E-state index is 12.9. The smallest absolute Gasteiger partial charge is 0.336 e. The van der Waals surface area contributed by atoms with Gasteiger partial charge in [-0.2, -0.15) is 0 Å². The fourth-order valence-corrected chi connectivity index (χ4v) is 5.15. The summed E-state index contributed by atoms with van der Waals surface area (Å²) in [7, 11) is 0. The molecule has 2 aromatic rings. The first kappa shape index (κ1) is 22.1. The Labute approximate surface area is 197 Å². The molecule has 0 saturated carbocycles. The molecule has 3 atom stereocenters. The molecule has 7 nitrogen and oxygen atoms in total. The van der Waals surface area contributed by atoms with Crippen molar-refractivity contribution in [1.29, 1.82) is 0 Å². The summed E-state index contributed by atoms with van der Waals surface area (Å²) in [5, 5.41) is 3.93. The normalized spacial score (nSPS) is 28.1. The number of carbonyl (C=O) groups is 1. The topological polar surface area (TPSA) is 104 Å². The van der Waals surface area contributed by atoms with Crippen molar-refractivity contribution in [3.8, 4) is 5.75 Å². The van der Waals surface area contributed by atoms with Crippen LogP contribution in [0.25, 0.3) is 11.0 Å². The summed E-state index contributed by atoms with van der Waals surface area (Å²) in [6, 6.07) is 6.90. The summed E-state index contributed by atoms with van der Waals surface area (Å²) >= 11 is 0. The molecule has 1 aliphatic carbocycles. The van der Waals surface area contributed by atoms with Crippen LogP contribution in [0.3, 0.4) is 0 Å². The first-order valence-corrected chi connectivity index (χ1v) is 11.4. The Morgan fingerprint density at radius 2 is 2.15 bits per heavy atom. The minimum Gasteiger partial charge on any atom is -0.481 e. The molecule has 0 fully saturated rings. The van der Waals surface area contributed by atoms with E-state index in [-0.39, 0.29) is 11.9 Å². The summed E-state index contributed by atoms with van der Waals surface area (Å²) in [6.45, 7) is 6.10. The number of nitrogens with two attached hydrogens (primary N) is 1. The SMILES string of the molecule is C/C=C(\C)C(=O)O[C@]1(C)CC=C[C@@H](C2=CCNC(N)=C2)[C@]12Cc1cc3ccc(=O)oc3cc1O2. The molecule has 1 spiro atoms. The lowest BCUT2D eigenvalue weighted by Crippen LogP contribution is -2.63.